The summed E-state index contributed by atoms with van der Waals surface area (Å²) in [7, 11) is 1.50. The average Bonchev–Trinajstić information content (AvgIpc) is 2.83. The van der Waals surface area contributed by atoms with Gasteiger partial charge in [-0.3, -0.25) is 0 Å². The summed E-state index contributed by atoms with van der Waals surface area (Å²) in [6.45, 7) is 11.9. The van der Waals surface area contributed by atoms with Crippen molar-refractivity contribution in [3.05, 3.63) is 53.6 Å². The number of benzene rings is 1. The first kappa shape index (κ1) is 23.3. The minimum atomic E-state index is -4.45. The molecule has 0 aliphatic heterocycles. The van der Waals surface area contributed by atoms with Gasteiger partial charge < -0.3 is 5.73 Å². The molecule has 142 valence electrons. The summed E-state index contributed by atoms with van der Waals surface area (Å²) in [5, 5.41) is 0. The van der Waals surface area contributed by atoms with Gasteiger partial charge in [0, 0.05) is 11.1 Å². The van der Waals surface area contributed by atoms with Crippen LogP contribution in [0.3, 0.4) is 0 Å². The molecule has 0 heterocycles. The van der Waals surface area contributed by atoms with Crippen molar-refractivity contribution in [2.45, 2.75) is 40.3 Å². The van der Waals surface area contributed by atoms with E-state index in [1.807, 2.05) is 0 Å². The number of hydrogen-bond donors (Lipinski definition) is 1. The first-order chi connectivity index (χ1) is 11.4. The van der Waals surface area contributed by atoms with Gasteiger partial charge in [0.25, 0.3) is 0 Å². The lowest BCUT2D eigenvalue weighted by atomic mass is 9.74. The van der Waals surface area contributed by atoms with Crippen LogP contribution in [0.5, 0.6) is 0 Å². The Bertz CT molecular complexity index is 610. The van der Waals surface area contributed by atoms with Gasteiger partial charge >= 0.3 is 6.18 Å². The Morgan fingerprint density at radius 1 is 1.00 bits per heavy atom. The second-order valence-corrected chi connectivity index (χ2v) is 6.55. The summed E-state index contributed by atoms with van der Waals surface area (Å²) < 4.78 is 68.0. The molecule has 0 fully saturated rings. The van der Waals surface area contributed by atoms with Crippen LogP contribution in [0.2, 0.25) is 0 Å². The quantitative estimate of drug-likeness (QED) is 0.488. The van der Waals surface area contributed by atoms with Gasteiger partial charge in [-0.15, -0.1) is 13.2 Å². The fourth-order valence-electron chi connectivity index (χ4n) is 3.19. The first-order valence-electron chi connectivity index (χ1n) is 7.76. The Morgan fingerprint density at radius 2 is 1.44 bits per heavy atom. The van der Waals surface area contributed by atoms with Gasteiger partial charge in [-0.1, -0.05) is 20.8 Å². The standard InChI is InChI=1S/C16H17F5.C2H4.CH5N/c1-8-9(14(15(2,3)4)16(19,20)21)7-10-11(17)5-6-12(18)13(8)10;2*1-2/h5-6,14H,7H2,1-4H3;1-2H2;2H2,1H3. The van der Waals surface area contributed by atoms with Gasteiger partial charge in [0.15, 0.2) is 0 Å². The Balaban J connectivity index is 0.00000134. The largest absolute Gasteiger partial charge is 0.395 e. The number of rotatable bonds is 1. The molecule has 1 atom stereocenters. The van der Waals surface area contributed by atoms with Crippen molar-refractivity contribution >= 4 is 5.57 Å². The van der Waals surface area contributed by atoms with Crippen molar-refractivity contribution in [3.8, 4) is 0 Å². The Hall–Kier alpha value is -1.69. The third-order valence-corrected chi connectivity index (χ3v) is 3.97. The number of allylic oxidation sites excluding steroid dienone is 2. The van der Waals surface area contributed by atoms with Crippen LogP contribution in [0.25, 0.3) is 5.57 Å². The summed E-state index contributed by atoms with van der Waals surface area (Å²) in [6, 6.07) is 1.92. The van der Waals surface area contributed by atoms with Crippen LogP contribution in [0.4, 0.5) is 22.0 Å². The van der Waals surface area contributed by atoms with E-state index in [0.717, 1.165) is 12.1 Å². The molecule has 1 nitrogen and oxygen atoms in total. The summed E-state index contributed by atoms with van der Waals surface area (Å²) in [6.07, 6.45) is -4.64. The normalized spacial score (nSPS) is 14.8. The molecule has 0 aromatic heterocycles. The van der Waals surface area contributed by atoms with Crippen molar-refractivity contribution in [2.75, 3.05) is 7.05 Å². The van der Waals surface area contributed by atoms with E-state index < -0.39 is 29.1 Å². The van der Waals surface area contributed by atoms with E-state index in [9.17, 15) is 22.0 Å². The van der Waals surface area contributed by atoms with E-state index in [2.05, 4.69) is 18.9 Å². The molecule has 0 saturated carbocycles. The highest BCUT2D eigenvalue weighted by Gasteiger charge is 2.50. The number of fused-ring (bicyclic) bond motifs is 1. The molecule has 0 saturated heterocycles. The Morgan fingerprint density at radius 3 is 1.80 bits per heavy atom. The zero-order valence-corrected chi connectivity index (χ0v) is 15.3. The van der Waals surface area contributed by atoms with E-state index in [1.54, 1.807) is 0 Å². The molecule has 6 heteroatoms. The molecule has 2 N–H and O–H groups in total. The van der Waals surface area contributed by atoms with Crippen molar-refractivity contribution in [2.24, 2.45) is 17.1 Å². The number of halogens is 5. The van der Waals surface area contributed by atoms with Gasteiger partial charge in [0.1, 0.15) is 11.6 Å². The highest BCUT2D eigenvalue weighted by Crippen LogP contribution is 2.50. The number of alkyl halides is 3. The lowest BCUT2D eigenvalue weighted by molar-refractivity contribution is -0.188. The van der Waals surface area contributed by atoms with Crippen molar-refractivity contribution in [1.82, 2.24) is 0 Å². The fourth-order valence-corrected chi connectivity index (χ4v) is 3.19. The van der Waals surface area contributed by atoms with E-state index in [0.29, 0.717) is 0 Å². The molecule has 2 rings (SSSR count). The van der Waals surface area contributed by atoms with Crippen molar-refractivity contribution in [3.63, 3.8) is 0 Å². The van der Waals surface area contributed by atoms with Gasteiger partial charge in [-0.05, 0) is 49.1 Å². The highest BCUT2D eigenvalue weighted by atomic mass is 19.4. The zero-order chi connectivity index (χ0) is 20.2. The van der Waals surface area contributed by atoms with E-state index >= 15 is 0 Å². The molecular formula is C19H26F5N. The topological polar surface area (TPSA) is 26.0 Å². The maximum absolute atomic E-state index is 13.9. The molecule has 0 radical (unpaired) electrons. The molecular weight excluding hydrogens is 337 g/mol. The first-order valence-corrected chi connectivity index (χ1v) is 7.76. The molecule has 1 aliphatic carbocycles. The monoisotopic (exact) mass is 363 g/mol. The van der Waals surface area contributed by atoms with Crippen LogP contribution in [-0.4, -0.2) is 13.2 Å². The van der Waals surface area contributed by atoms with Gasteiger partial charge in [0.05, 0.1) is 5.92 Å². The smallest absolute Gasteiger partial charge is 0.333 e. The molecule has 1 aliphatic rings. The summed E-state index contributed by atoms with van der Waals surface area (Å²) in [5.74, 6) is -3.06. The second-order valence-electron chi connectivity index (χ2n) is 6.55. The van der Waals surface area contributed by atoms with E-state index in [1.165, 1.54) is 34.7 Å². The number of nitrogens with two attached hydrogens (primary N) is 1. The molecule has 1 unspecified atom stereocenters. The highest BCUT2D eigenvalue weighted by molar-refractivity contribution is 5.76. The summed E-state index contributed by atoms with van der Waals surface area (Å²) >= 11 is 0. The zero-order valence-electron chi connectivity index (χ0n) is 15.3. The third-order valence-electron chi connectivity index (χ3n) is 3.97. The predicted octanol–water partition coefficient (Wildman–Crippen LogP) is 5.90. The minimum Gasteiger partial charge on any atom is -0.333 e. The average molecular weight is 363 g/mol. The van der Waals surface area contributed by atoms with Crippen molar-refractivity contribution < 1.29 is 22.0 Å². The molecule has 1 aromatic carbocycles. The van der Waals surface area contributed by atoms with Crippen LogP contribution in [0.15, 0.2) is 30.9 Å². The van der Waals surface area contributed by atoms with Crippen LogP contribution >= 0.6 is 0 Å². The summed E-state index contributed by atoms with van der Waals surface area (Å²) in [4.78, 5) is 0. The van der Waals surface area contributed by atoms with E-state index in [-0.39, 0.29) is 28.7 Å². The van der Waals surface area contributed by atoms with Gasteiger partial charge in [-0.25, -0.2) is 8.78 Å². The van der Waals surface area contributed by atoms with Crippen LogP contribution in [0, 0.1) is 23.0 Å². The minimum absolute atomic E-state index is 0.0106. The van der Waals surface area contributed by atoms with Crippen LogP contribution in [-0.2, 0) is 6.42 Å². The van der Waals surface area contributed by atoms with Gasteiger partial charge in [0.2, 0.25) is 0 Å². The lowest BCUT2D eigenvalue weighted by Gasteiger charge is -2.34. The van der Waals surface area contributed by atoms with Gasteiger partial charge in [-0.2, -0.15) is 13.2 Å². The fraction of sp³-hybridized carbons (Fsp3) is 0.474. The second kappa shape index (κ2) is 8.61. The molecule has 1 aromatic rings. The van der Waals surface area contributed by atoms with E-state index in [4.69, 9.17) is 0 Å². The lowest BCUT2D eigenvalue weighted by Crippen LogP contribution is -2.36. The molecule has 0 spiro atoms. The molecule has 25 heavy (non-hydrogen) atoms. The Labute approximate surface area is 146 Å². The Kier molecular flexibility index (Phi) is 8.02. The molecule has 0 amide bonds. The number of hydrogen-bond acceptors (Lipinski definition) is 1. The third kappa shape index (κ3) is 4.91. The predicted molar refractivity (Wildman–Crippen MR) is 93.0 cm³/mol. The van der Waals surface area contributed by atoms with Crippen molar-refractivity contribution in [1.29, 1.82) is 0 Å². The van der Waals surface area contributed by atoms with Crippen LogP contribution < -0.4 is 5.73 Å². The SMILES string of the molecule is C=C.CC1=C(C(C(C)(C)C)C(F)(F)F)Cc2c(F)ccc(F)c21.CN. The maximum Gasteiger partial charge on any atom is 0.395 e. The molecule has 0 bridgehead atoms. The summed E-state index contributed by atoms with van der Waals surface area (Å²) in [5.41, 5.74) is 3.71. The van der Waals surface area contributed by atoms with Crippen LogP contribution in [0.1, 0.15) is 38.8 Å². The maximum atomic E-state index is 13.9.